The van der Waals surface area contributed by atoms with Gasteiger partial charge in [0.2, 0.25) is 0 Å². The summed E-state index contributed by atoms with van der Waals surface area (Å²) in [5, 5.41) is 14.5. The standard InChI is InChI=1S/C64H72N8O4/c1-5-25-73-61-49-29-45(41-69-57-17-9-13-21-65-57)30-50(61)38-52-32-47(43-71-59-19-11-15-23-67-59)34-54(63(52)75-27-7-3)40-56-36-48(44-72-60-20-12-16-24-68-60)35-55(64(56)76-28-8-4)39-53-33-46(42-70-58-18-10-14-22-66-58)31-51(37-49)62(53)74-26-6-2/h9-24,29-36H,5-8,25-28,37-44H2,1-4H3,(H,65,69)(H,66,70)(H,67,71)(H,68,72). The molecule has 8 aromatic rings. The fraction of sp³-hybridized carbons (Fsp3) is 0.312. The van der Waals surface area contributed by atoms with Crippen LogP contribution in [0.5, 0.6) is 23.0 Å². The van der Waals surface area contributed by atoms with Crippen LogP contribution in [0, 0.1) is 0 Å². The quantitative estimate of drug-likeness (QED) is 0.0459. The van der Waals surface area contributed by atoms with Gasteiger partial charge in [-0.1, -0.05) is 52.0 Å². The molecule has 1 aliphatic rings. The Morgan fingerprint density at radius 2 is 0.526 bits per heavy atom. The van der Waals surface area contributed by atoms with Crippen molar-refractivity contribution < 1.29 is 18.9 Å². The normalized spacial score (nSPS) is 11.8. The van der Waals surface area contributed by atoms with Crippen LogP contribution in [0.15, 0.2) is 146 Å². The van der Waals surface area contributed by atoms with E-state index in [1.807, 2.05) is 97.6 Å². The third kappa shape index (κ3) is 14.2. The van der Waals surface area contributed by atoms with Gasteiger partial charge in [-0.25, -0.2) is 19.9 Å². The Balaban J connectivity index is 1.30. The summed E-state index contributed by atoms with van der Waals surface area (Å²) in [5.74, 6) is 6.81. The molecule has 8 bridgehead atoms. The molecule has 9 rings (SSSR count). The number of ether oxygens (including phenoxy) is 4. The Labute approximate surface area is 449 Å². The minimum atomic E-state index is 0.559. The number of benzene rings is 4. The molecule has 0 atom stereocenters. The van der Waals surface area contributed by atoms with E-state index in [9.17, 15) is 0 Å². The van der Waals surface area contributed by atoms with Crippen LogP contribution in [0.1, 0.15) is 120 Å². The van der Waals surface area contributed by atoms with Gasteiger partial charge in [0, 0.05) is 76.6 Å². The van der Waals surface area contributed by atoms with Crippen LogP contribution in [-0.2, 0) is 51.9 Å². The first-order valence-electron chi connectivity index (χ1n) is 27.2. The number of aromatic nitrogens is 4. The van der Waals surface area contributed by atoms with Crippen molar-refractivity contribution >= 4 is 23.3 Å². The molecule has 0 unspecified atom stereocenters. The van der Waals surface area contributed by atoms with Crippen LogP contribution < -0.4 is 40.2 Å². The lowest BCUT2D eigenvalue weighted by Crippen LogP contribution is -2.13. The van der Waals surface area contributed by atoms with Crippen LogP contribution in [0.3, 0.4) is 0 Å². The van der Waals surface area contributed by atoms with Gasteiger partial charge in [-0.2, -0.15) is 0 Å². The summed E-state index contributed by atoms with van der Waals surface area (Å²) < 4.78 is 28.0. The lowest BCUT2D eigenvalue weighted by Gasteiger charge is -2.25. The Morgan fingerprint density at radius 3 is 0.697 bits per heavy atom. The lowest BCUT2D eigenvalue weighted by atomic mass is 9.88. The van der Waals surface area contributed by atoms with Crippen LogP contribution >= 0.6 is 0 Å². The molecule has 4 aromatic heterocycles. The first-order chi connectivity index (χ1) is 37.5. The molecule has 0 saturated heterocycles. The van der Waals surface area contributed by atoms with Gasteiger partial charge in [-0.3, -0.25) is 0 Å². The van der Waals surface area contributed by atoms with Gasteiger partial charge >= 0.3 is 0 Å². The van der Waals surface area contributed by atoms with Crippen molar-refractivity contribution in [2.45, 2.75) is 105 Å². The highest BCUT2D eigenvalue weighted by molar-refractivity contribution is 5.60. The highest BCUT2D eigenvalue weighted by Crippen LogP contribution is 2.41. The number of nitrogens with zero attached hydrogens (tertiary/aromatic N) is 4. The number of anilines is 4. The lowest BCUT2D eigenvalue weighted by molar-refractivity contribution is 0.304. The van der Waals surface area contributed by atoms with E-state index in [0.717, 1.165) is 139 Å². The summed E-state index contributed by atoms with van der Waals surface area (Å²) in [6.45, 7) is 13.2. The number of fused-ring (bicyclic) bond motifs is 8. The molecule has 0 fully saturated rings. The molecule has 0 aliphatic heterocycles. The van der Waals surface area contributed by atoms with Gasteiger partial charge in [-0.15, -0.1) is 0 Å². The van der Waals surface area contributed by atoms with Crippen molar-refractivity contribution in [3.8, 4) is 23.0 Å². The molecule has 12 heteroatoms. The SMILES string of the molecule is CCCOc1c2cc(CNc3ccccn3)cc1Cc1cc(CNc3ccccn3)cc(c1OCCC)Cc1cc(CNc3ccccn3)cc(c1OCCC)Cc1cc(CNc3ccccn3)cc(c1OCCC)C2. The fourth-order valence-electron chi connectivity index (χ4n) is 9.78. The molecule has 0 radical (unpaired) electrons. The smallest absolute Gasteiger partial charge is 0.126 e. The van der Waals surface area contributed by atoms with Crippen LogP contribution in [-0.4, -0.2) is 46.4 Å². The Bertz CT molecular complexity index is 2590. The van der Waals surface area contributed by atoms with Crippen molar-refractivity contribution in [1.29, 1.82) is 0 Å². The molecule has 392 valence electrons. The predicted molar refractivity (Wildman–Crippen MR) is 306 cm³/mol. The monoisotopic (exact) mass is 1020 g/mol. The van der Waals surface area contributed by atoms with E-state index < -0.39 is 0 Å². The third-order valence-electron chi connectivity index (χ3n) is 13.1. The molecule has 4 heterocycles. The van der Waals surface area contributed by atoms with E-state index in [-0.39, 0.29) is 0 Å². The minimum Gasteiger partial charge on any atom is -0.493 e. The number of nitrogens with one attached hydrogen (secondary N) is 4. The summed E-state index contributed by atoms with van der Waals surface area (Å²) in [6, 6.07) is 42.3. The van der Waals surface area contributed by atoms with Crippen LogP contribution in [0.4, 0.5) is 23.3 Å². The fourth-order valence-corrected chi connectivity index (χ4v) is 9.78. The molecular formula is C64H72N8O4. The minimum absolute atomic E-state index is 0.559. The highest BCUT2D eigenvalue weighted by Gasteiger charge is 2.25. The van der Waals surface area contributed by atoms with Gasteiger partial charge in [0.05, 0.1) is 26.4 Å². The molecular weight excluding hydrogens is 945 g/mol. The van der Waals surface area contributed by atoms with E-state index >= 15 is 0 Å². The second-order valence-corrected chi connectivity index (χ2v) is 19.3. The van der Waals surface area contributed by atoms with Crippen molar-refractivity contribution in [2.24, 2.45) is 0 Å². The molecule has 0 amide bonds. The molecule has 4 N–H and O–H groups in total. The molecule has 12 nitrogen and oxygen atoms in total. The van der Waals surface area contributed by atoms with E-state index in [0.29, 0.717) is 78.3 Å². The number of rotatable bonds is 24. The molecule has 76 heavy (non-hydrogen) atoms. The summed E-state index contributed by atoms with van der Waals surface area (Å²) in [7, 11) is 0. The number of pyridine rings is 4. The van der Waals surface area contributed by atoms with E-state index in [1.165, 1.54) is 0 Å². The number of hydrogen-bond acceptors (Lipinski definition) is 12. The Hall–Kier alpha value is -8.12. The van der Waals surface area contributed by atoms with Crippen molar-refractivity contribution in [1.82, 2.24) is 19.9 Å². The van der Waals surface area contributed by atoms with Crippen molar-refractivity contribution in [3.63, 3.8) is 0 Å². The second-order valence-electron chi connectivity index (χ2n) is 19.3. The molecule has 4 aromatic carbocycles. The zero-order chi connectivity index (χ0) is 52.3. The highest BCUT2D eigenvalue weighted by atomic mass is 16.5. The van der Waals surface area contributed by atoms with E-state index in [4.69, 9.17) is 18.9 Å². The zero-order valence-electron chi connectivity index (χ0n) is 44.6. The summed E-state index contributed by atoms with van der Waals surface area (Å²) >= 11 is 0. The maximum absolute atomic E-state index is 7.01. The first-order valence-corrected chi connectivity index (χ1v) is 27.2. The summed E-state index contributed by atoms with van der Waals surface area (Å²) in [5.41, 5.74) is 13.1. The molecule has 0 spiro atoms. The largest absolute Gasteiger partial charge is 0.493 e. The molecule has 1 aliphatic carbocycles. The maximum Gasteiger partial charge on any atom is 0.126 e. The third-order valence-corrected chi connectivity index (χ3v) is 13.1. The van der Waals surface area contributed by atoms with Crippen LogP contribution in [0.25, 0.3) is 0 Å². The second kappa shape index (κ2) is 26.9. The number of hydrogen-bond donors (Lipinski definition) is 4. The topological polar surface area (TPSA) is 137 Å². The maximum atomic E-state index is 7.01. The summed E-state index contributed by atoms with van der Waals surface area (Å²) in [6.07, 6.45) is 12.9. The van der Waals surface area contributed by atoms with Gasteiger partial charge in [0.25, 0.3) is 0 Å². The van der Waals surface area contributed by atoms with Crippen molar-refractivity contribution in [3.05, 3.63) is 213 Å². The van der Waals surface area contributed by atoms with Crippen LogP contribution in [0.2, 0.25) is 0 Å². The Morgan fingerprint density at radius 1 is 0.316 bits per heavy atom. The molecule has 0 saturated carbocycles. The Kier molecular flexibility index (Phi) is 18.7. The zero-order valence-corrected chi connectivity index (χ0v) is 44.6. The summed E-state index contributed by atoms with van der Waals surface area (Å²) in [4.78, 5) is 18.5. The van der Waals surface area contributed by atoms with E-state index in [2.05, 4.69) is 117 Å². The average molecular weight is 1020 g/mol. The van der Waals surface area contributed by atoms with Crippen molar-refractivity contribution in [2.75, 3.05) is 47.7 Å². The van der Waals surface area contributed by atoms with Gasteiger partial charge in [-0.05, 0) is 190 Å². The van der Waals surface area contributed by atoms with E-state index in [1.54, 1.807) is 0 Å². The first kappa shape index (κ1) is 52.7. The van der Waals surface area contributed by atoms with Gasteiger partial charge < -0.3 is 40.2 Å². The average Bonchev–Trinajstić information content (AvgIpc) is 3.46. The van der Waals surface area contributed by atoms with Gasteiger partial charge in [0.15, 0.2) is 0 Å². The predicted octanol–water partition coefficient (Wildman–Crippen LogP) is 13.5. The van der Waals surface area contributed by atoms with Gasteiger partial charge in [0.1, 0.15) is 46.3 Å².